The summed E-state index contributed by atoms with van der Waals surface area (Å²) < 4.78 is 13.2. The summed E-state index contributed by atoms with van der Waals surface area (Å²) in [6.45, 7) is 1.09. The van der Waals surface area contributed by atoms with Crippen LogP contribution in [-0.2, 0) is 0 Å². The highest BCUT2D eigenvalue weighted by molar-refractivity contribution is 5.99. The number of nitrogens with one attached hydrogen (secondary N) is 1. The number of hydrogen-bond donors (Lipinski definition) is 1. The molecule has 21 heavy (non-hydrogen) atoms. The van der Waals surface area contributed by atoms with Crippen molar-refractivity contribution >= 4 is 11.8 Å². The smallest absolute Gasteiger partial charge is 0.123 e. The van der Waals surface area contributed by atoms with Crippen molar-refractivity contribution in [2.75, 3.05) is 6.54 Å². The van der Waals surface area contributed by atoms with Crippen LogP contribution in [0.4, 0.5) is 4.39 Å². The Kier molecular flexibility index (Phi) is 3.23. The number of hydrogen-bond acceptors (Lipinski definition) is 2. The van der Waals surface area contributed by atoms with Crippen molar-refractivity contribution in [3.8, 4) is 0 Å². The maximum absolute atomic E-state index is 13.2. The van der Waals surface area contributed by atoms with E-state index in [9.17, 15) is 4.39 Å². The fraction of sp³-hybridized carbons (Fsp3) is 0.389. The molecule has 1 saturated heterocycles. The van der Waals surface area contributed by atoms with Crippen LogP contribution < -0.4 is 5.32 Å². The molecule has 108 valence electrons. The van der Waals surface area contributed by atoms with E-state index in [1.54, 1.807) is 12.1 Å². The topological polar surface area (TPSA) is 24.4 Å². The summed E-state index contributed by atoms with van der Waals surface area (Å²) in [6, 6.07) is 7.33. The predicted octanol–water partition coefficient (Wildman–Crippen LogP) is 3.71. The van der Waals surface area contributed by atoms with Gasteiger partial charge in [0.1, 0.15) is 5.82 Å². The Labute approximate surface area is 124 Å². The second-order valence-corrected chi connectivity index (χ2v) is 6.15. The van der Waals surface area contributed by atoms with E-state index in [0.717, 1.165) is 18.5 Å². The standard InChI is InChI=1S/C18H19FN2/c19-14-6-4-12(5-7-14)15-9-13-3-1-2-8-21-18(13)17-11-20-10-16(15)17/h4-7,10-11,13,18,21H,1-3,8-9H2/t13?,18-/m0/s1. The minimum absolute atomic E-state index is 0.176. The first-order valence-corrected chi connectivity index (χ1v) is 7.79. The molecule has 2 atom stereocenters. The van der Waals surface area contributed by atoms with Gasteiger partial charge in [0.05, 0.1) is 0 Å². The quantitative estimate of drug-likeness (QED) is 0.834. The normalized spacial score (nSPS) is 28.0. The van der Waals surface area contributed by atoms with Gasteiger partial charge in [0.25, 0.3) is 0 Å². The van der Waals surface area contributed by atoms with Gasteiger partial charge >= 0.3 is 0 Å². The number of aliphatic imine (C=N–C) groups is 1. The molecule has 1 aromatic carbocycles. The Morgan fingerprint density at radius 2 is 2.00 bits per heavy atom. The zero-order valence-corrected chi connectivity index (χ0v) is 12.0. The summed E-state index contributed by atoms with van der Waals surface area (Å²) >= 11 is 0. The SMILES string of the molecule is Fc1ccc(C2=C3C=NC=C3[C@H]3NCCCCC3C2)cc1. The number of halogens is 1. The Morgan fingerprint density at radius 3 is 2.86 bits per heavy atom. The van der Waals surface area contributed by atoms with E-state index in [1.165, 1.54) is 36.0 Å². The molecule has 4 rings (SSSR count). The Hall–Kier alpha value is -1.74. The lowest BCUT2D eigenvalue weighted by molar-refractivity contribution is 0.402. The monoisotopic (exact) mass is 282 g/mol. The summed E-state index contributed by atoms with van der Waals surface area (Å²) in [4.78, 5) is 4.38. The van der Waals surface area contributed by atoms with Crippen LogP contribution in [0, 0.1) is 11.7 Å². The van der Waals surface area contributed by atoms with Crippen LogP contribution in [-0.4, -0.2) is 18.8 Å². The fourth-order valence-corrected chi connectivity index (χ4v) is 3.84. The molecule has 2 nitrogen and oxygen atoms in total. The molecule has 2 heterocycles. The minimum atomic E-state index is -0.176. The molecule has 1 fully saturated rings. The number of fused-ring (bicyclic) bond motifs is 3. The van der Waals surface area contributed by atoms with Gasteiger partial charge in [-0.15, -0.1) is 0 Å². The maximum atomic E-state index is 13.2. The molecule has 0 saturated carbocycles. The van der Waals surface area contributed by atoms with E-state index in [0.29, 0.717) is 12.0 Å². The highest BCUT2D eigenvalue weighted by Crippen LogP contribution is 2.42. The third-order valence-corrected chi connectivity index (χ3v) is 4.88. The lowest BCUT2D eigenvalue weighted by Crippen LogP contribution is -2.39. The summed E-state index contributed by atoms with van der Waals surface area (Å²) in [5.74, 6) is 0.453. The van der Waals surface area contributed by atoms with Crippen LogP contribution in [0.2, 0.25) is 0 Å². The van der Waals surface area contributed by atoms with E-state index in [2.05, 4.69) is 10.3 Å². The number of rotatable bonds is 1. The van der Waals surface area contributed by atoms with Crippen molar-refractivity contribution in [3.63, 3.8) is 0 Å². The molecule has 0 spiro atoms. The Morgan fingerprint density at radius 1 is 1.14 bits per heavy atom. The van der Waals surface area contributed by atoms with Crippen LogP contribution >= 0.6 is 0 Å². The molecule has 0 aromatic heterocycles. The molecule has 0 amide bonds. The molecular formula is C18H19FN2. The molecule has 0 radical (unpaired) electrons. The van der Waals surface area contributed by atoms with Gasteiger partial charge < -0.3 is 5.32 Å². The van der Waals surface area contributed by atoms with Gasteiger partial charge in [0, 0.05) is 24.0 Å². The molecule has 2 aliphatic heterocycles. The Bertz CT molecular complexity index is 640. The van der Waals surface area contributed by atoms with Gasteiger partial charge in [0.15, 0.2) is 0 Å². The molecule has 1 N–H and O–H groups in total. The third kappa shape index (κ3) is 2.26. The predicted molar refractivity (Wildman–Crippen MR) is 83.6 cm³/mol. The van der Waals surface area contributed by atoms with Crippen LogP contribution in [0.15, 0.2) is 46.6 Å². The van der Waals surface area contributed by atoms with Crippen molar-refractivity contribution in [3.05, 3.63) is 53.0 Å². The summed E-state index contributed by atoms with van der Waals surface area (Å²) in [5, 5.41) is 3.69. The van der Waals surface area contributed by atoms with Crippen LogP contribution in [0.25, 0.3) is 5.57 Å². The molecule has 0 bridgehead atoms. The van der Waals surface area contributed by atoms with Gasteiger partial charge in [-0.2, -0.15) is 0 Å². The lowest BCUT2D eigenvalue weighted by Gasteiger charge is -2.34. The highest BCUT2D eigenvalue weighted by Gasteiger charge is 2.35. The minimum Gasteiger partial charge on any atom is -0.310 e. The van der Waals surface area contributed by atoms with Gasteiger partial charge in [-0.25, -0.2) is 4.39 Å². The summed E-state index contributed by atoms with van der Waals surface area (Å²) in [6.07, 6.45) is 8.83. The van der Waals surface area contributed by atoms with E-state index < -0.39 is 0 Å². The fourth-order valence-electron chi connectivity index (χ4n) is 3.84. The Balaban J connectivity index is 1.77. The third-order valence-electron chi connectivity index (χ3n) is 4.88. The van der Waals surface area contributed by atoms with Crippen molar-refractivity contribution in [2.24, 2.45) is 10.9 Å². The first kappa shape index (κ1) is 13.0. The number of nitrogens with zero attached hydrogens (tertiary/aromatic N) is 1. The average Bonchev–Trinajstić information content (AvgIpc) is 2.87. The first-order valence-electron chi connectivity index (χ1n) is 7.79. The molecule has 1 aromatic rings. The van der Waals surface area contributed by atoms with Crippen molar-refractivity contribution in [1.82, 2.24) is 5.32 Å². The van der Waals surface area contributed by atoms with E-state index >= 15 is 0 Å². The van der Waals surface area contributed by atoms with E-state index in [1.807, 2.05) is 24.5 Å². The summed E-state index contributed by atoms with van der Waals surface area (Å²) in [7, 11) is 0. The zero-order valence-electron chi connectivity index (χ0n) is 12.0. The van der Waals surface area contributed by atoms with Crippen LogP contribution in [0.3, 0.4) is 0 Å². The number of allylic oxidation sites excluding steroid dienone is 1. The van der Waals surface area contributed by atoms with Crippen LogP contribution in [0.1, 0.15) is 31.2 Å². The van der Waals surface area contributed by atoms with Gasteiger partial charge in [-0.05, 0) is 60.6 Å². The highest BCUT2D eigenvalue weighted by atomic mass is 19.1. The van der Waals surface area contributed by atoms with Crippen molar-refractivity contribution in [2.45, 2.75) is 31.7 Å². The molecule has 1 aliphatic carbocycles. The van der Waals surface area contributed by atoms with E-state index in [4.69, 9.17) is 0 Å². The molecule has 1 unspecified atom stereocenters. The second-order valence-electron chi connectivity index (χ2n) is 6.15. The average molecular weight is 282 g/mol. The van der Waals surface area contributed by atoms with Crippen molar-refractivity contribution < 1.29 is 4.39 Å². The maximum Gasteiger partial charge on any atom is 0.123 e. The van der Waals surface area contributed by atoms with Gasteiger partial charge in [-0.3, -0.25) is 4.99 Å². The van der Waals surface area contributed by atoms with Crippen molar-refractivity contribution in [1.29, 1.82) is 0 Å². The molecule has 3 heteroatoms. The zero-order chi connectivity index (χ0) is 14.2. The van der Waals surface area contributed by atoms with Gasteiger partial charge in [-0.1, -0.05) is 18.6 Å². The molecule has 3 aliphatic rings. The first-order chi connectivity index (χ1) is 10.3. The lowest BCUT2D eigenvalue weighted by atomic mass is 9.74. The molecular weight excluding hydrogens is 263 g/mol. The second kappa shape index (κ2) is 5.23. The van der Waals surface area contributed by atoms with E-state index in [-0.39, 0.29) is 5.82 Å². The number of benzene rings is 1. The van der Waals surface area contributed by atoms with Gasteiger partial charge in [0.2, 0.25) is 0 Å². The summed E-state index contributed by atoms with van der Waals surface area (Å²) in [5.41, 5.74) is 5.03. The van der Waals surface area contributed by atoms with Crippen LogP contribution in [0.5, 0.6) is 0 Å². The largest absolute Gasteiger partial charge is 0.310 e.